The predicted molar refractivity (Wildman–Crippen MR) is 116 cm³/mol. The lowest BCUT2D eigenvalue weighted by Crippen LogP contribution is -2.36. The van der Waals surface area contributed by atoms with Gasteiger partial charge >= 0.3 is 0 Å². The number of hydrogen-bond acceptors (Lipinski definition) is 10. The van der Waals surface area contributed by atoms with Crippen LogP contribution in [0.4, 0.5) is 0 Å². The van der Waals surface area contributed by atoms with Gasteiger partial charge in [0.25, 0.3) is 0 Å². The van der Waals surface area contributed by atoms with Gasteiger partial charge in [0.05, 0.1) is 13.7 Å². The summed E-state index contributed by atoms with van der Waals surface area (Å²) in [6.45, 7) is -0.322. The number of ether oxygens (including phenoxy) is 5. The highest BCUT2D eigenvalue weighted by atomic mass is 16.7. The fourth-order valence-electron chi connectivity index (χ4n) is 4.01. The van der Waals surface area contributed by atoms with Gasteiger partial charge in [-0.3, -0.25) is 0 Å². The second-order valence-electron chi connectivity index (χ2n) is 7.85. The van der Waals surface area contributed by atoms with Gasteiger partial charge in [0.15, 0.2) is 52.8 Å². The van der Waals surface area contributed by atoms with E-state index in [-0.39, 0.29) is 41.1 Å². The maximum atomic E-state index is 10.5. The third-order valence-electron chi connectivity index (χ3n) is 5.65. The lowest BCUT2D eigenvalue weighted by molar-refractivity contribution is -0.117. The molecule has 3 aromatic rings. The number of aliphatic hydroxyl groups excluding tert-OH is 2. The van der Waals surface area contributed by atoms with E-state index in [2.05, 4.69) is 0 Å². The summed E-state index contributed by atoms with van der Waals surface area (Å²) in [6.07, 6.45) is -3.88. The number of aliphatic hydroxyl groups is 2. The molecule has 10 heteroatoms. The van der Waals surface area contributed by atoms with Crippen molar-refractivity contribution >= 4 is 0 Å². The second kappa shape index (κ2) is 8.40. The minimum absolute atomic E-state index is 0.0352. The Morgan fingerprint density at radius 1 is 0.765 bits per heavy atom. The van der Waals surface area contributed by atoms with E-state index in [0.717, 1.165) is 6.07 Å². The minimum atomic E-state index is -1.45. The average molecular weight is 470 g/mol. The van der Waals surface area contributed by atoms with Gasteiger partial charge in [0, 0.05) is 23.3 Å². The van der Waals surface area contributed by atoms with E-state index in [9.17, 15) is 25.5 Å². The highest BCUT2D eigenvalue weighted by Crippen LogP contribution is 2.48. The van der Waals surface area contributed by atoms with E-state index in [4.69, 9.17) is 23.7 Å². The van der Waals surface area contributed by atoms with Crippen LogP contribution in [0.2, 0.25) is 0 Å². The van der Waals surface area contributed by atoms with Crippen LogP contribution in [0.5, 0.6) is 46.0 Å². The largest absolute Gasteiger partial charge is 0.508 e. The van der Waals surface area contributed by atoms with E-state index >= 15 is 0 Å². The molecule has 0 aromatic heterocycles. The second-order valence-corrected chi connectivity index (χ2v) is 7.85. The molecule has 0 amide bonds. The van der Waals surface area contributed by atoms with Crippen LogP contribution >= 0.6 is 0 Å². The third-order valence-corrected chi connectivity index (χ3v) is 5.65. The van der Waals surface area contributed by atoms with Gasteiger partial charge < -0.3 is 49.2 Å². The number of methoxy groups -OCH3 is 1. The van der Waals surface area contributed by atoms with Gasteiger partial charge in [-0.25, -0.2) is 0 Å². The van der Waals surface area contributed by atoms with E-state index < -0.39 is 24.6 Å². The molecule has 0 saturated carbocycles. The van der Waals surface area contributed by atoms with Crippen molar-refractivity contribution < 1.29 is 49.2 Å². The van der Waals surface area contributed by atoms with Crippen LogP contribution < -0.4 is 23.7 Å². The fourth-order valence-corrected chi connectivity index (χ4v) is 4.01. The van der Waals surface area contributed by atoms with Crippen LogP contribution in [-0.2, 0) is 0 Å². The zero-order chi connectivity index (χ0) is 24.0. The highest BCUT2D eigenvalue weighted by molar-refractivity contribution is 5.56. The number of rotatable bonds is 4. The fraction of sp³-hybridized carbons (Fsp3) is 0.250. The molecule has 0 saturated heterocycles. The Hall–Kier alpha value is -4.02. The number of hydrogen-bond donors (Lipinski definition) is 5. The Kier molecular flexibility index (Phi) is 5.39. The number of benzene rings is 3. The summed E-state index contributed by atoms with van der Waals surface area (Å²) < 4.78 is 28.5. The van der Waals surface area contributed by atoms with Crippen molar-refractivity contribution in [3.63, 3.8) is 0 Å². The van der Waals surface area contributed by atoms with Crippen molar-refractivity contribution in [2.75, 3.05) is 13.7 Å². The average Bonchev–Trinajstić information content (AvgIpc) is 2.83. The van der Waals surface area contributed by atoms with Crippen LogP contribution in [0.25, 0.3) is 0 Å². The van der Waals surface area contributed by atoms with Crippen LogP contribution in [0.15, 0.2) is 48.5 Å². The number of fused-ring (bicyclic) bond motifs is 2. The molecule has 0 fully saturated rings. The normalized spacial score (nSPS) is 22.8. The molecule has 178 valence electrons. The monoisotopic (exact) mass is 470 g/mol. The van der Waals surface area contributed by atoms with Crippen LogP contribution in [0.3, 0.4) is 0 Å². The third kappa shape index (κ3) is 3.72. The summed E-state index contributed by atoms with van der Waals surface area (Å²) in [4.78, 5) is 0. The molecule has 0 radical (unpaired) electrons. The van der Waals surface area contributed by atoms with Gasteiger partial charge in [-0.2, -0.15) is 0 Å². The Morgan fingerprint density at radius 2 is 1.50 bits per heavy atom. The smallest absolute Gasteiger partial charge is 0.239 e. The predicted octanol–water partition coefficient (Wildman–Crippen LogP) is 2.52. The molecule has 10 nitrogen and oxygen atoms in total. The zero-order valence-corrected chi connectivity index (χ0v) is 17.9. The molecule has 34 heavy (non-hydrogen) atoms. The van der Waals surface area contributed by atoms with E-state index in [1.54, 1.807) is 30.3 Å². The SMILES string of the molecule is COc1cc([C@@H]2Oc3cc([C@@H]4Oc5cc(O)cc(O)c5O[C@H]4O)ccc3O[C@@H]2CO)ccc1O. The Bertz CT molecular complexity index is 1230. The first-order valence-electron chi connectivity index (χ1n) is 10.4. The first-order valence-corrected chi connectivity index (χ1v) is 10.4. The molecular formula is C24H22O10. The van der Waals surface area contributed by atoms with Crippen LogP contribution in [0, 0.1) is 0 Å². The molecule has 5 rings (SSSR count). The minimum Gasteiger partial charge on any atom is -0.508 e. The van der Waals surface area contributed by atoms with Gasteiger partial charge in [-0.1, -0.05) is 12.1 Å². The first-order chi connectivity index (χ1) is 16.4. The molecule has 0 unspecified atom stereocenters. The molecule has 5 N–H and O–H groups in total. The quantitative estimate of drug-likeness (QED) is 0.385. The summed E-state index contributed by atoms with van der Waals surface area (Å²) in [5.41, 5.74) is 1.09. The Balaban J connectivity index is 1.46. The van der Waals surface area contributed by atoms with Crippen LogP contribution in [-0.4, -0.2) is 51.6 Å². The van der Waals surface area contributed by atoms with Gasteiger partial charge in [-0.05, 0) is 24.3 Å². The Morgan fingerprint density at radius 3 is 2.26 bits per heavy atom. The van der Waals surface area contributed by atoms with Crippen molar-refractivity contribution in [1.82, 2.24) is 0 Å². The summed E-state index contributed by atoms with van der Waals surface area (Å²) in [5, 5.41) is 50.0. The number of phenols is 3. The Labute approximate surface area is 193 Å². The summed E-state index contributed by atoms with van der Waals surface area (Å²) >= 11 is 0. The molecule has 2 aliphatic rings. The van der Waals surface area contributed by atoms with E-state index in [1.807, 2.05) is 0 Å². The van der Waals surface area contributed by atoms with Gasteiger partial charge in [0.2, 0.25) is 12.0 Å². The molecule has 4 atom stereocenters. The van der Waals surface area contributed by atoms with Crippen molar-refractivity contribution in [1.29, 1.82) is 0 Å². The lowest BCUT2D eigenvalue weighted by atomic mass is 10.0. The number of phenolic OH excluding ortho intramolecular Hbond substituents is 3. The maximum absolute atomic E-state index is 10.5. The van der Waals surface area contributed by atoms with Gasteiger partial charge in [-0.15, -0.1) is 0 Å². The standard InChI is InChI=1S/C24H22O10/c1-30-17-6-11(2-4-14(17)27)21-20(10-25)31-16-5-3-12(7-18(16)32-21)22-24(29)34-23-15(28)8-13(26)9-19(23)33-22/h2-9,20-22,24-29H,10H2,1H3/t20-,21+,22+,24-/m1/s1. The van der Waals surface area contributed by atoms with Crippen LogP contribution in [0.1, 0.15) is 23.3 Å². The molecule has 0 bridgehead atoms. The molecule has 2 heterocycles. The first kappa shape index (κ1) is 21.8. The maximum Gasteiger partial charge on any atom is 0.239 e. The van der Waals surface area contributed by atoms with Crippen molar-refractivity contribution in [2.24, 2.45) is 0 Å². The number of aromatic hydroxyl groups is 3. The highest BCUT2D eigenvalue weighted by Gasteiger charge is 2.37. The van der Waals surface area contributed by atoms with Crippen molar-refractivity contribution in [3.05, 3.63) is 59.7 Å². The summed E-state index contributed by atoms with van der Waals surface area (Å²) in [5.74, 6) is 0.330. The van der Waals surface area contributed by atoms with Crippen molar-refractivity contribution in [2.45, 2.75) is 24.6 Å². The topological polar surface area (TPSA) is 147 Å². The van der Waals surface area contributed by atoms with Gasteiger partial charge in [0.1, 0.15) is 5.75 Å². The molecule has 0 spiro atoms. The molecule has 3 aromatic carbocycles. The summed E-state index contributed by atoms with van der Waals surface area (Å²) in [7, 11) is 1.43. The lowest BCUT2D eigenvalue weighted by Gasteiger charge is -2.35. The summed E-state index contributed by atoms with van der Waals surface area (Å²) in [6, 6.07) is 11.9. The zero-order valence-electron chi connectivity index (χ0n) is 17.9. The van der Waals surface area contributed by atoms with Crippen molar-refractivity contribution in [3.8, 4) is 46.0 Å². The molecule has 0 aliphatic carbocycles. The molecular weight excluding hydrogens is 448 g/mol. The van der Waals surface area contributed by atoms with E-state index in [0.29, 0.717) is 22.6 Å². The molecule has 2 aliphatic heterocycles. The van der Waals surface area contributed by atoms with E-state index in [1.165, 1.54) is 19.2 Å².